The maximum absolute atomic E-state index is 10.8. The Bertz CT molecular complexity index is 524. The highest BCUT2D eigenvalue weighted by molar-refractivity contribution is 5.32. The molecule has 2 rings (SSSR count). The van der Waals surface area contributed by atoms with Gasteiger partial charge in [-0.25, -0.2) is 0 Å². The second kappa shape index (κ2) is 9.88. The molecule has 2 N–H and O–H groups in total. The molecule has 5 nitrogen and oxygen atoms in total. The first-order valence-electron chi connectivity index (χ1n) is 9.67. The fourth-order valence-corrected chi connectivity index (χ4v) is 3.77. The van der Waals surface area contributed by atoms with Gasteiger partial charge in [-0.1, -0.05) is 32.4 Å². The van der Waals surface area contributed by atoms with E-state index in [4.69, 9.17) is 5.73 Å². The molecule has 1 fully saturated rings. The van der Waals surface area contributed by atoms with Crippen LogP contribution in [0.2, 0.25) is 0 Å². The molecule has 0 amide bonds. The Morgan fingerprint density at radius 1 is 1.20 bits per heavy atom. The summed E-state index contributed by atoms with van der Waals surface area (Å²) in [5.41, 5.74) is 7.13. The fraction of sp³-hybridized carbons (Fsp3) is 0.700. The standard InChI is InChI=1S/C20H33N3O2/c1-3-16(2)13-22(14-18-6-4-17(12-21)5-7-18)15-19-8-10-20(11-9-19)23(24)25/h8-11,16-18H,3-7,12-15,21H2,1-2H3. The summed E-state index contributed by atoms with van der Waals surface area (Å²) in [4.78, 5) is 13.0. The second-order valence-corrected chi connectivity index (χ2v) is 7.75. The summed E-state index contributed by atoms with van der Waals surface area (Å²) in [6.45, 7) is 8.45. The fourth-order valence-electron chi connectivity index (χ4n) is 3.77. The molecule has 0 bridgehead atoms. The molecule has 1 aliphatic carbocycles. The van der Waals surface area contributed by atoms with Crippen molar-refractivity contribution >= 4 is 5.69 Å². The quantitative estimate of drug-likeness (QED) is 0.536. The molecule has 0 saturated heterocycles. The van der Waals surface area contributed by atoms with Crippen molar-refractivity contribution < 1.29 is 4.92 Å². The number of nitrogens with zero attached hydrogens (tertiary/aromatic N) is 2. The van der Waals surface area contributed by atoms with Gasteiger partial charge in [-0.2, -0.15) is 0 Å². The number of hydrogen-bond donors (Lipinski definition) is 1. The predicted octanol–water partition coefficient (Wildman–Crippen LogP) is 4.21. The first-order chi connectivity index (χ1) is 12.0. The summed E-state index contributed by atoms with van der Waals surface area (Å²) in [6.07, 6.45) is 6.25. The van der Waals surface area contributed by atoms with Gasteiger partial charge < -0.3 is 5.73 Å². The van der Waals surface area contributed by atoms with E-state index in [1.807, 2.05) is 12.1 Å². The minimum absolute atomic E-state index is 0.164. The van der Waals surface area contributed by atoms with Crippen molar-refractivity contribution in [3.8, 4) is 0 Å². The molecule has 1 saturated carbocycles. The van der Waals surface area contributed by atoms with Gasteiger partial charge >= 0.3 is 0 Å². The molecule has 1 aromatic carbocycles. The molecule has 0 spiro atoms. The highest BCUT2D eigenvalue weighted by atomic mass is 16.6. The zero-order valence-electron chi connectivity index (χ0n) is 15.7. The van der Waals surface area contributed by atoms with Crippen LogP contribution in [0.4, 0.5) is 5.69 Å². The molecule has 1 unspecified atom stereocenters. The highest BCUT2D eigenvalue weighted by Crippen LogP contribution is 2.29. The van der Waals surface area contributed by atoms with E-state index in [1.54, 1.807) is 12.1 Å². The predicted molar refractivity (Wildman–Crippen MR) is 102 cm³/mol. The smallest absolute Gasteiger partial charge is 0.269 e. The van der Waals surface area contributed by atoms with Gasteiger partial charge in [0, 0.05) is 31.8 Å². The molecule has 1 atom stereocenters. The van der Waals surface area contributed by atoms with Crippen molar-refractivity contribution in [3.63, 3.8) is 0 Å². The van der Waals surface area contributed by atoms with Crippen molar-refractivity contribution in [1.29, 1.82) is 0 Å². The number of non-ortho nitro benzene ring substituents is 1. The van der Waals surface area contributed by atoms with Crippen LogP contribution >= 0.6 is 0 Å². The van der Waals surface area contributed by atoms with E-state index in [2.05, 4.69) is 18.7 Å². The monoisotopic (exact) mass is 347 g/mol. The number of hydrogen-bond acceptors (Lipinski definition) is 4. The molecule has 5 heteroatoms. The highest BCUT2D eigenvalue weighted by Gasteiger charge is 2.23. The van der Waals surface area contributed by atoms with Gasteiger partial charge in [-0.05, 0) is 55.5 Å². The second-order valence-electron chi connectivity index (χ2n) is 7.75. The Kier molecular flexibility index (Phi) is 7.85. The molecule has 0 aromatic heterocycles. The summed E-state index contributed by atoms with van der Waals surface area (Å²) in [6, 6.07) is 7.02. The molecule has 140 valence electrons. The molecular formula is C20H33N3O2. The zero-order valence-corrected chi connectivity index (χ0v) is 15.7. The van der Waals surface area contributed by atoms with Crippen LogP contribution < -0.4 is 5.73 Å². The Morgan fingerprint density at radius 2 is 1.80 bits per heavy atom. The molecule has 0 aliphatic heterocycles. The van der Waals surface area contributed by atoms with Gasteiger partial charge in [-0.15, -0.1) is 0 Å². The number of nitro groups is 1. The van der Waals surface area contributed by atoms with Crippen LogP contribution in [0.25, 0.3) is 0 Å². The van der Waals surface area contributed by atoms with Crippen LogP contribution in [0.1, 0.15) is 51.5 Å². The summed E-state index contributed by atoms with van der Waals surface area (Å²) >= 11 is 0. The third-order valence-electron chi connectivity index (χ3n) is 5.64. The number of nitro benzene ring substituents is 1. The third kappa shape index (κ3) is 6.40. The number of rotatable bonds is 9. The minimum Gasteiger partial charge on any atom is -0.330 e. The van der Waals surface area contributed by atoms with E-state index in [9.17, 15) is 10.1 Å². The van der Waals surface area contributed by atoms with Gasteiger partial charge in [0.15, 0.2) is 0 Å². The van der Waals surface area contributed by atoms with Crippen LogP contribution in [0, 0.1) is 27.9 Å². The maximum atomic E-state index is 10.8. The average molecular weight is 348 g/mol. The van der Waals surface area contributed by atoms with E-state index in [1.165, 1.54) is 32.1 Å². The Morgan fingerprint density at radius 3 is 2.32 bits per heavy atom. The summed E-state index contributed by atoms with van der Waals surface area (Å²) in [7, 11) is 0. The van der Waals surface area contributed by atoms with Crippen molar-refractivity contribution in [3.05, 3.63) is 39.9 Å². The van der Waals surface area contributed by atoms with Crippen LogP contribution in [0.15, 0.2) is 24.3 Å². The lowest BCUT2D eigenvalue weighted by Gasteiger charge is -2.33. The van der Waals surface area contributed by atoms with Gasteiger partial charge in [-0.3, -0.25) is 15.0 Å². The average Bonchev–Trinajstić information content (AvgIpc) is 2.62. The molecular weight excluding hydrogens is 314 g/mol. The molecule has 1 aliphatic rings. The van der Waals surface area contributed by atoms with Crippen molar-refractivity contribution in [2.24, 2.45) is 23.5 Å². The largest absolute Gasteiger partial charge is 0.330 e. The van der Waals surface area contributed by atoms with Crippen molar-refractivity contribution in [2.45, 2.75) is 52.5 Å². The molecule has 25 heavy (non-hydrogen) atoms. The third-order valence-corrected chi connectivity index (χ3v) is 5.64. The lowest BCUT2D eigenvalue weighted by atomic mass is 9.81. The minimum atomic E-state index is -0.337. The molecule has 0 radical (unpaired) electrons. The number of nitrogens with two attached hydrogens (primary N) is 1. The van der Waals surface area contributed by atoms with Gasteiger partial charge in [0.2, 0.25) is 0 Å². The summed E-state index contributed by atoms with van der Waals surface area (Å²) in [5.74, 6) is 2.14. The van der Waals surface area contributed by atoms with Crippen molar-refractivity contribution in [2.75, 3.05) is 19.6 Å². The first kappa shape index (κ1) is 19.9. The summed E-state index contributed by atoms with van der Waals surface area (Å²) in [5, 5.41) is 10.8. The zero-order chi connectivity index (χ0) is 18.2. The van der Waals surface area contributed by atoms with E-state index < -0.39 is 0 Å². The van der Waals surface area contributed by atoms with E-state index in [-0.39, 0.29) is 10.6 Å². The Labute approximate surface area is 151 Å². The molecule has 0 heterocycles. The summed E-state index contributed by atoms with van der Waals surface area (Å²) < 4.78 is 0. The van der Waals surface area contributed by atoms with Crippen LogP contribution in [0.5, 0.6) is 0 Å². The van der Waals surface area contributed by atoms with Gasteiger partial charge in [0.1, 0.15) is 0 Å². The number of benzene rings is 1. The Balaban J connectivity index is 1.96. The lowest BCUT2D eigenvalue weighted by molar-refractivity contribution is -0.384. The van der Waals surface area contributed by atoms with Gasteiger partial charge in [0.05, 0.1) is 4.92 Å². The van der Waals surface area contributed by atoms with Crippen molar-refractivity contribution in [1.82, 2.24) is 4.90 Å². The lowest BCUT2D eigenvalue weighted by Crippen LogP contribution is -2.35. The Hall–Kier alpha value is -1.46. The van der Waals surface area contributed by atoms with Crippen LogP contribution in [0.3, 0.4) is 0 Å². The van der Waals surface area contributed by atoms with E-state index in [0.29, 0.717) is 11.8 Å². The van der Waals surface area contributed by atoms with Gasteiger partial charge in [0.25, 0.3) is 5.69 Å². The van der Waals surface area contributed by atoms with E-state index in [0.717, 1.165) is 37.7 Å². The SMILES string of the molecule is CCC(C)CN(Cc1ccc([N+](=O)[O-])cc1)CC1CCC(CN)CC1. The molecule has 1 aromatic rings. The first-order valence-corrected chi connectivity index (χ1v) is 9.67. The maximum Gasteiger partial charge on any atom is 0.269 e. The van der Waals surface area contributed by atoms with E-state index >= 15 is 0 Å². The van der Waals surface area contributed by atoms with Crippen LogP contribution in [-0.2, 0) is 6.54 Å². The topological polar surface area (TPSA) is 72.4 Å². The van der Waals surface area contributed by atoms with Crippen LogP contribution in [-0.4, -0.2) is 29.5 Å². The normalized spacial score (nSPS) is 22.1.